The van der Waals surface area contributed by atoms with Crippen molar-refractivity contribution in [1.29, 1.82) is 0 Å². The number of nitrogens with two attached hydrogens (primary N) is 1. The molecule has 2 nitrogen and oxygen atoms in total. The van der Waals surface area contributed by atoms with Crippen molar-refractivity contribution in [3.8, 4) is 0 Å². The van der Waals surface area contributed by atoms with Crippen LogP contribution in [0.2, 0.25) is 0 Å². The molecule has 0 amide bonds. The molecule has 1 aliphatic rings. The third-order valence-corrected chi connectivity index (χ3v) is 3.62. The summed E-state index contributed by atoms with van der Waals surface area (Å²) in [6, 6.07) is 10.1. The first-order valence-corrected chi connectivity index (χ1v) is 6.71. The van der Waals surface area contributed by atoms with Gasteiger partial charge in [-0.05, 0) is 38.8 Å². The predicted octanol–water partition coefficient (Wildman–Crippen LogP) is 2.87. The van der Waals surface area contributed by atoms with Crippen molar-refractivity contribution >= 4 is 0 Å². The second-order valence-corrected chi connectivity index (χ2v) is 5.28. The van der Waals surface area contributed by atoms with E-state index < -0.39 is 0 Å². The first-order chi connectivity index (χ1) is 8.13. The van der Waals surface area contributed by atoms with Crippen LogP contribution in [0.3, 0.4) is 0 Å². The van der Waals surface area contributed by atoms with Gasteiger partial charge in [-0.25, -0.2) is 0 Å². The summed E-state index contributed by atoms with van der Waals surface area (Å²) in [5, 5.41) is 0. The lowest BCUT2D eigenvalue weighted by Gasteiger charge is -2.34. The third kappa shape index (κ3) is 2.88. The monoisotopic (exact) mass is 232 g/mol. The van der Waals surface area contributed by atoms with Gasteiger partial charge in [0, 0.05) is 18.1 Å². The fourth-order valence-corrected chi connectivity index (χ4v) is 2.74. The summed E-state index contributed by atoms with van der Waals surface area (Å²) in [5.41, 5.74) is 8.91. The highest BCUT2D eigenvalue weighted by atomic mass is 15.2. The van der Waals surface area contributed by atoms with Gasteiger partial charge in [0.1, 0.15) is 0 Å². The van der Waals surface area contributed by atoms with E-state index in [0.29, 0.717) is 6.04 Å². The molecule has 0 aliphatic heterocycles. The number of aryl methyl sites for hydroxylation is 1. The summed E-state index contributed by atoms with van der Waals surface area (Å²) in [6.07, 6.45) is 2.67. The average Bonchev–Trinajstić information content (AvgIpc) is 3.08. The smallest absolute Gasteiger partial charge is 0.0499 e. The molecule has 1 fully saturated rings. The van der Waals surface area contributed by atoms with E-state index >= 15 is 0 Å². The highest BCUT2D eigenvalue weighted by Crippen LogP contribution is 2.35. The van der Waals surface area contributed by atoms with Crippen molar-refractivity contribution in [1.82, 2.24) is 4.90 Å². The van der Waals surface area contributed by atoms with Crippen molar-refractivity contribution in [2.75, 3.05) is 6.54 Å². The van der Waals surface area contributed by atoms with Crippen LogP contribution in [0.15, 0.2) is 24.3 Å². The molecule has 1 aromatic rings. The lowest BCUT2D eigenvalue weighted by atomic mass is 9.97. The lowest BCUT2D eigenvalue weighted by molar-refractivity contribution is 0.176. The van der Waals surface area contributed by atoms with E-state index in [1.54, 1.807) is 0 Å². The molecule has 1 saturated carbocycles. The molecule has 0 radical (unpaired) electrons. The van der Waals surface area contributed by atoms with E-state index in [4.69, 9.17) is 5.73 Å². The van der Waals surface area contributed by atoms with Gasteiger partial charge in [-0.1, -0.05) is 36.8 Å². The van der Waals surface area contributed by atoms with Crippen LogP contribution in [-0.2, 0) is 0 Å². The molecule has 2 unspecified atom stereocenters. The summed E-state index contributed by atoms with van der Waals surface area (Å²) < 4.78 is 0. The van der Waals surface area contributed by atoms with E-state index in [9.17, 15) is 0 Å². The van der Waals surface area contributed by atoms with Crippen LogP contribution in [0.4, 0.5) is 0 Å². The standard InChI is InChI=1S/C15H24N2/c1-4-17(14-8-9-14)15(12(3)16)13-7-5-6-11(2)10-13/h5-7,10,12,14-15H,4,8-9,16H2,1-3H3. The van der Waals surface area contributed by atoms with Gasteiger partial charge < -0.3 is 5.73 Å². The van der Waals surface area contributed by atoms with Crippen LogP contribution in [0.1, 0.15) is 43.9 Å². The molecule has 1 aromatic carbocycles. The molecular formula is C15H24N2. The van der Waals surface area contributed by atoms with E-state index in [-0.39, 0.29) is 6.04 Å². The largest absolute Gasteiger partial charge is 0.326 e. The van der Waals surface area contributed by atoms with Gasteiger partial charge in [0.2, 0.25) is 0 Å². The van der Waals surface area contributed by atoms with E-state index in [1.807, 2.05) is 0 Å². The van der Waals surface area contributed by atoms with Crippen LogP contribution >= 0.6 is 0 Å². The van der Waals surface area contributed by atoms with Crippen LogP contribution < -0.4 is 5.73 Å². The molecule has 17 heavy (non-hydrogen) atoms. The maximum absolute atomic E-state index is 6.22. The fraction of sp³-hybridized carbons (Fsp3) is 0.600. The highest BCUT2D eigenvalue weighted by molar-refractivity contribution is 5.26. The molecular weight excluding hydrogens is 208 g/mol. The Balaban J connectivity index is 2.27. The molecule has 1 aliphatic carbocycles. The first kappa shape index (κ1) is 12.6. The molecule has 2 heteroatoms. The van der Waals surface area contributed by atoms with E-state index in [2.05, 4.69) is 49.9 Å². The summed E-state index contributed by atoms with van der Waals surface area (Å²) in [6.45, 7) is 7.60. The molecule has 2 atom stereocenters. The van der Waals surface area contributed by atoms with Gasteiger partial charge in [0.05, 0.1) is 0 Å². The summed E-state index contributed by atoms with van der Waals surface area (Å²) in [7, 11) is 0. The fourth-order valence-electron chi connectivity index (χ4n) is 2.74. The summed E-state index contributed by atoms with van der Waals surface area (Å²) in [5.74, 6) is 0. The number of rotatable bonds is 5. The third-order valence-electron chi connectivity index (χ3n) is 3.62. The summed E-state index contributed by atoms with van der Waals surface area (Å²) >= 11 is 0. The van der Waals surface area contributed by atoms with E-state index in [1.165, 1.54) is 24.0 Å². The molecule has 2 rings (SSSR count). The maximum Gasteiger partial charge on any atom is 0.0499 e. The van der Waals surface area contributed by atoms with Gasteiger partial charge in [0.25, 0.3) is 0 Å². The molecule has 2 N–H and O–H groups in total. The average molecular weight is 232 g/mol. The number of likely N-dealkylation sites (N-methyl/N-ethyl adjacent to an activating group) is 1. The highest BCUT2D eigenvalue weighted by Gasteiger charge is 2.35. The predicted molar refractivity (Wildman–Crippen MR) is 73.0 cm³/mol. The SMILES string of the molecule is CCN(C1CC1)C(c1cccc(C)c1)C(C)N. The topological polar surface area (TPSA) is 29.3 Å². The van der Waals surface area contributed by atoms with E-state index in [0.717, 1.165) is 12.6 Å². The first-order valence-electron chi connectivity index (χ1n) is 6.71. The number of hydrogen-bond donors (Lipinski definition) is 1. The Morgan fingerprint density at radius 2 is 2.12 bits per heavy atom. The molecule has 0 spiro atoms. The van der Waals surface area contributed by atoms with Gasteiger partial charge in [-0.15, -0.1) is 0 Å². The Hall–Kier alpha value is -0.860. The maximum atomic E-state index is 6.22. The Labute approximate surface area is 105 Å². The van der Waals surface area contributed by atoms with Crippen LogP contribution in [0, 0.1) is 6.92 Å². The Kier molecular flexibility index (Phi) is 3.85. The minimum atomic E-state index is 0.178. The molecule has 0 aromatic heterocycles. The molecule has 0 heterocycles. The number of nitrogens with zero attached hydrogens (tertiary/aromatic N) is 1. The Morgan fingerprint density at radius 1 is 1.41 bits per heavy atom. The quantitative estimate of drug-likeness (QED) is 0.846. The molecule has 94 valence electrons. The lowest BCUT2D eigenvalue weighted by Crippen LogP contribution is -2.40. The number of hydrogen-bond acceptors (Lipinski definition) is 2. The second kappa shape index (κ2) is 5.19. The minimum absolute atomic E-state index is 0.178. The minimum Gasteiger partial charge on any atom is -0.326 e. The van der Waals surface area contributed by atoms with Crippen LogP contribution in [-0.4, -0.2) is 23.5 Å². The molecule has 0 saturated heterocycles. The van der Waals surface area contributed by atoms with Gasteiger partial charge >= 0.3 is 0 Å². The zero-order chi connectivity index (χ0) is 12.4. The van der Waals surface area contributed by atoms with Crippen molar-refractivity contribution in [3.63, 3.8) is 0 Å². The van der Waals surface area contributed by atoms with Crippen LogP contribution in [0.5, 0.6) is 0 Å². The van der Waals surface area contributed by atoms with Crippen molar-refractivity contribution in [3.05, 3.63) is 35.4 Å². The van der Waals surface area contributed by atoms with Crippen LogP contribution in [0.25, 0.3) is 0 Å². The summed E-state index contributed by atoms with van der Waals surface area (Å²) in [4.78, 5) is 2.57. The van der Waals surface area contributed by atoms with Crippen molar-refractivity contribution in [2.24, 2.45) is 5.73 Å². The zero-order valence-electron chi connectivity index (χ0n) is 11.2. The Bertz CT molecular complexity index is 369. The Morgan fingerprint density at radius 3 is 2.59 bits per heavy atom. The molecule has 0 bridgehead atoms. The normalized spacial score (nSPS) is 19.4. The second-order valence-electron chi connectivity index (χ2n) is 5.28. The van der Waals surface area contributed by atoms with Crippen molar-refractivity contribution < 1.29 is 0 Å². The zero-order valence-corrected chi connectivity index (χ0v) is 11.2. The van der Waals surface area contributed by atoms with Crippen molar-refractivity contribution in [2.45, 2.75) is 51.7 Å². The van der Waals surface area contributed by atoms with Gasteiger partial charge in [-0.2, -0.15) is 0 Å². The van der Waals surface area contributed by atoms with Gasteiger partial charge in [-0.3, -0.25) is 4.90 Å². The van der Waals surface area contributed by atoms with Gasteiger partial charge in [0.15, 0.2) is 0 Å². The number of benzene rings is 1.